The highest BCUT2D eigenvalue weighted by atomic mass is 127. The van der Waals surface area contributed by atoms with Crippen molar-refractivity contribution in [1.29, 1.82) is 0 Å². The van der Waals surface area contributed by atoms with E-state index in [1.165, 1.54) is 5.56 Å². The lowest BCUT2D eigenvalue weighted by molar-refractivity contribution is 0.189. The van der Waals surface area contributed by atoms with E-state index >= 15 is 0 Å². The molecule has 7 heteroatoms. The standard InChI is InChI=1S/C18H27N5O.HI/c1-13-5-7-22(11-17(13)23-8-6-20-12-23)18(19-4)21-10-16-9-14(2)24-15(16)3;/h6,8-9,12-13,17H,5,7,10-11H2,1-4H3,(H,19,21);1H. The topological polar surface area (TPSA) is 58.6 Å². The van der Waals surface area contributed by atoms with Gasteiger partial charge in [0, 0.05) is 44.6 Å². The largest absolute Gasteiger partial charge is 0.466 e. The van der Waals surface area contributed by atoms with E-state index in [4.69, 9.17) is 4.42 Å². The molecule has 1 fully saturated rings. The van der Waals surface area contributed by atoms with Crippen molar-refractivity contribution in [3.05, 3.63) is 41.9 Å². The molecule has 0 spiro atoms. The molecule has 138 valence electrons. The van der Waals surface area contributed by atoms with Crippen LogP contribution in [-0.4, -0.2) is 40.5 Å². The summed E-state index contributed by atoms with van der Waals surface area (Å²) >= 11 is 0. The number of nitrogens with zero attached hydrogens (tertiary/aromatic N) is 4. The number of aliphatic imine (C=N–C) groups is 1. The Hall–Kier alpha value is -1.51. The van der Waals surface area contributed by atoms with E-state index in [0.29, 0.717) is 12.0 Å². The molecule has 0 saturated carbocycles. The van der Waals surface area contributed by atoms with E-state index in [2.05, 4.69) is 43.9 Å². The van der Waals surface area contributed by atoms with Crippen LogP contribution in [0, 0.1) is 19.8 Å². The van der Waals surface area contributed by atoms with E-state index in [0.717, 1.165) is 43.5 Å². The Balaban J connectivity index is 0.00000225. The summed E-state index contributed by atoms with van der Waals surface area (Å²) in [6, 6.07) is 2.51. The average Bonchev–Trinajstić information content (AvgIpc) is 3.19. The molecule has 1 aliphatic rings. The molecule has 0 aliphatic carbocycles. The fraction of sp³-hybridized carbons (Fsp3) is 0.556. The highest BCUT2D eigenvalue weighted by Gasteiger charge is 2.28. The van der Waals surface area contributed by atoms with Crippen LogP contribution in [0.5, 0.6) is 0 Å². The van der Waals surface area contributed by atoms with Gasteiger partial charge in [-0.25, -0.2) is 4.98 Å². The van der Waals surface area contributed by atoms with Gasteiger partial charge in [-0.2, -0.15) is 0 Å². The third-order valence-electron chi connectivity index (χ3n) is 4.92. The zero-order valence-corrected chi connectivity index (χ0v) is 17.7. The predicted octanol–water partition coefficient (Wildman–Crippen LogP) is 3.37. The molecule has 2 unspecified atom stereocenters. The molecule has 3 rings (SSSR count). The zero-order valence-electron chi connectivity index (χ0n) is 15.4. The maximum Gasteiger partial charge on any atom is 0.193 e. The van der Waals surface area contributed by atoms with Gasteiger partial charge < -0.3 is 19.2 Å². The summed E-state index contributed by atoms with van der Waals surface area (Å²) in [6.07, 6.45) is 6.97. The van der Waals surface area contributed by atoms with Gasteiger partial charge in [0.05, 0.1) is 12.4 Å². The number of nitrogens with one attached hydrogen (secondary N) is 1. The fourth-order valence-corrected chi connectivity index (χ4v) is 3.46. The van der Waals surface area contributed by atoms with Crippen molar-refractivity contribution < 1.29 is 4.42 Å². The number of piperidine rings is 1. The summed E-state index contributed by atoms with van der Waals surface area (Å²) in [5, 5.41) is 3.48. The van der Waals surface area contributed by atoms with Gasteiger partial charge in [-0.15, -0.1) is 24.0 Å². The first kappa shape index (κ1) is 19.8. The van der Waals surface area contributed by atoms with E-state index in [1.807, 2.05) is 33.4 Å². The van der Waals surface area contributed by atoms with E-state index < -0.39 is 0 Å². The van der Waals surface area contributed by atoms with Gasteiger partial charge in [-0.3, -0.25) is 4.99 Å². The Morgan fingerprint density at radius 1 is 1.44 bits per heavy atom. The summed E-state index contributed by atoms with van der Waals surface area (Å²) in [7, 11) is 1.85. The number of rotatable bonds is 3. The van der Waals surface area contributed by atoms with Gasteiger partial charge in [0.2, 0.25) is 0 Å². The average molecular weight is 457 g/mol. The van der Waals surface area contributed by atoms with Crippen LogP contribution in [0.3, 0.4) is 0 Å². The molecule has 0 radical (unpaired) electrons. The Kier molecular flexibility index (Phi) is 6.92. The lowest BCUT2D eigenvalue weighted by Crippen LogP contribution is -2.48. The maximum atomic E-state index is 5.60. The summed E-state index contributed by atoms with van der Waals surface area (Å²) < 4.78 is 7.82. The molecule has 3 heterocycles. The van der Waals surface area contributed by atoms with E-state index in [1.54, 1.807) is 0 Å². The molecule has 1 saturated heterocycles. The SMILES string of the molecule is CN=C(NCc1cc(C)oc1C)N1CCC(C)C(n2ccnc2)C1.I. The minimum absolute atomic E-state index is 0. The molecule has 25 heavy (non-hydrogen) atoms. The molecule has 6 nitrogen and oxygen atoms in total. The number of hydrogen-bond donors (Lipinski definition) is 1. The lowest BCUT2D eigenvalue weighted by Gasteiger charge is -2.39. The molecule has 0 amide bonds. The molecular formula is C18H28IN5O. The highest BCUT2D eigenvalue weighted by molar-refractivity contribution is 14.0. The van der Waals surface area contributed by atoms with Crippen LogP contribution >= 0.6 is 24.0 Å². The molecule has 2 atom stereocenters. The smallest absolute Gasteiger partial charge is 0.193 e. The van der Waals surface area contributed by atoms with Crippen molar-refractivity contribution in [2.24, 2.45) is 10.9 Å². The van der Waals surface area contributed by atoms with Gasteiger partial charge in [-0.05, 0) is 32.3 Å². The lowest BCUT2D eigenvalue weighted by atomic mass is 9.93. The van der Waals surface area contributed by atoms with Gasteiger partial charge in [0.1, 0.15) is 11.5 Å². The number of aryl methyl sites for hydroxylation is 2. The molecule has 1 N–H and O–H groups in total. The highest BCUT2D eigenvalue weighted by Crippen LogP contribution is 2.27. The fourth-order valence-electron chi connectivity index (χ4n) is 3.46. The van der Waals surface area contributed by atoms with Gasteiger partial charge in [0.15, 0.2) is 5.96 Å². The molecule has 1 aliphatic heterocycles. The van der Waals surface area contributed by atoms with Gasteiger partial charge in [0.25, 0.3) is 0 Å². The van der Waals surface area contributed by atoms with Crippen molar-refractivity contribution in [2.75, 3.05) is 20.1 Å². The second-order valence-corrected chi connectivity index (χ2v) is 6.63. The molecule has 0 aromatic carbocycles. The van der Waals surface area contributed by atoms with Gasteiger partial charge >= 0.3 is 0 Å². The Morgan fingerprint density at radius 3 is 2.84 bits per heavy atom. The van der Waals surface area contributed by atoms with Crippen LogP contribution in [0.2, 0.25) is 0 Å². The minimum Gasteiger partial charge on any atom is -0.466 e. The monoisotopic (exact) mass is 457 g/mol. The van der Waals surface area contributed by atoms with Crippen LogP contribution < -0.4 is 5.32 Å². The summed E-state index contributed by atoms with van der Waals surface area (Å²) in [5.41, 5.74) is 1.19. The van der Waals surface area contributed by atoms with E-state index in [9.17, 15) is 0 Å². The molecule has 0 bridgehead atoms. The Morgan fingerprint density at radius 2 is 2.24 bits per heavy atom. The summed E-state index contributed by atoms with van der Waals surface area (Å²) in [6.45, 7) is 9.00. The number of guanidine groups is 1. The number of aromatic nitrogens is 2. The number of imidazole rings is 1. The summed E-state index contributed by atoms with van der Waals surface area (Å²) in [4.78, 5) is 11.0. The van der Waals surface area contributed by atoms with E-state index in [-0.39, 0.29) is 24.0 Å². The molecular weight excluding hydrogens is 429 g/mol. The third-order valence-corrected chi connectivity index (χ3v) is 4.92. The van der Waals surface area contributed by atoms with Crippen LogP contribution in [-0.2, 0) is 6.54 Å². The normalized spacial score (nSPS) is 21.1. The molecule has 2 aromatic heterocycles. The molecule has 2 aromatic rings. The van der Waals surface area contributed by atoms with Crippen LogP contribution in [0.1, 0.15) is 36.5 Å². The zero-order chi connectivity index (χ0) is 17.1. The quantitative estimate of drug-likeness (QED) is 0.436. The van der Waals surface area contributed by atoms with Crippen molar-refractivity contribution in [1.82, 2.24) is 19.8 Å². The van der Waals surface area contributed by atoms with Gasteiger partial charge in [-0.1, -0.05) is 6.92 Å². The van der Waals surface area contributed by atoms with Crippen LogP contribution in [0.4, 0.5) is 0 Å². The number of furan rings is 1. The van der Waals surface area contributed by atoms with Crippen molar-refractivity contribution in [2.45, 2.75) is 39.8 Å². The minimum atomic E-state index is 0. The van der Waals surface area contributed by atoms with Crippen molar-refractivity contribution in [3.8, 4) is 0 Å². The number of halogens is 1. The second-order valence-electron chi connectivity index (χ2n) is 6.63. The first-order valence-corrected chi connectivity index (χ1v) is 8.57. The first-order chi connectivity index (χ1) is 11.6. The second kappa shape index (κ2) is 8.73. The number of hydrogen-bond acceptors (Lipinski definition) is 3. The number of likely N-dealkylation sites (tertiary alicyclic amines) is 1. The van der Waals surface area contributed by atoms with Crippen LogP contribution in [0.15, 0.2) is 34.2 Å². The Bertz CT molecular complexity index is 694. The van der Waals surface area contributed by atoms with Crippen LogP contribution in [0.25, 0.3) is 0 Å². The third kappa shape index (κ3) is 4.56. The summed E-state index contributed by atoms with van der Waals surface area (Å²) in [5.74, 6) is 3.50. The predicted molar refractivity (Wildman–Crippen MR) is 110 cm³/mol. The Labute approximate surface area is 166 Å². The van der Waals surface area contributed by atoms with Crippen molar-refractivity contribution >= 4 is 29.9 Å². The maximum absolute atomic E-state index is 5.60. The van der Waals surface area contributed by atoms with Crippen molar-refractivity contribution in [3.63, 3.8) is 0 Å². The first-order valence-electron chi connectivity index (χ1n) is 8.57.